The first-order chi connectivity index (χ1) is 15.4. The Morgan fingerprint density at radius 1 is 1.00 bits per heavy atom. The maximum Gasteiger partial charge on any atom is 0.338 e. The number of aromatic carboxylic acids is 1. The Balaban J connectivity index is 1.86. The quantitative estimate of drug-likeness (QED) is 0.354. The minimum absolute atomic E-state index is 0.182. The van der Waals surface area contributed by atoms with Gasteiger partial charge in [-0.1, -0.05) is 41.4 Å². The fourth-order valence-corrected chi connectivity index (χ4v) is 3.90. The van der Waals surface area contributed by atoms with E-state index in [1.165, 1.54) is 12.1 Å². The van der Waals surface area contributed by atoms with E-state index in [0.717, 1.165) is 16.6 Å². The lowest BCUT2D eigenvalue weighted by molar-refractivity contribution is 0.0526. The summed E-state index contributed by atoms with van der Waals surface area (Å²) in [5.41, 5.74) is 3.56. The van der Waals surface area contributed by atoms with Crippen LogP contribution < -0.4 is 0 Å². The van der Waals surface area contributed by atoms with Crippen LogP contribution in [0.4, 0.5) is 0 Å². The van der Waals surface area contributed by atoms with Crippen molar-refractivity contribution in [3.8, 4) is 11.4 Å². The van der Waals surface area contributed by atoms with Gasteiger partial charge >= 0.3 is 11.9 Å². The van der Waals surface area contributed by atoms with Crippen LogP contribution in [-0.4, -0.2) is 33.2 Å². The number of benzene rings is 3. The molecule has 0 fully saturated rings. The van der Waals surface area contributed by atoms with E-state index in [2.05, 4.69) is 0 Å². The van der Waals surface area contributed by atoms with Gasteiger partial charge in [0.05, 0.1) is 35.3 Å². The number of carboxylic acid groups (broad SMARTS) is 1. The van der Waals surface area contributed by atoms with Gasteiger partial charge in [-0.15, -0.1) is 0 Å². The average Bonchev–Trinajstić information content (AvgIpc) is 3.13. The van der Waals surface area contributed by atoms with Crippen molar-refractivity contribution in [1.82, 2.24) is 9.55 Å². The summed E-state index contributed by atoms with van der Waals surface area (Å²) in [6, 6.07) is 16.9. The molecule has 8 heteroatoms. The molecule has 1 aromatic heterocycles. The molecule has 162 valence electrons. The van der Waals surface area contributed by atoms with Crippen LogP contribution in [0.5, 0.6) is 0 Å². The van der Waals surface area contributed by atoms with Gasteiger partial charge in [0, 0.05) is 15.6 Å². The summed E-state index contributed by atoms with van der Waals surface area (Å²) in [4.78, 5) is 28.1. The molecule has 32 heavy (non-hydrogen) atoms. The maximum atomic E-state index is 12.2. The Kier molecular flexibility index (Phi) is 6.17. The number of carboxylic acids is 1. The van der Waals surface area contributed by atoms with E-state index >= 15 is 0 Å². The molecule has 0 aliphatic rings. The van der Waals surface area contributed by atoms with Crippen LogP contribution in [0, 0.1) is 0 Å². The summed E-state index contributed by atoms with van der Waals surface area (Å²) in [6.45, 7) is 2.43. The van der Waals surface area contributed by atoms with Crippen LogP contribution >= 0.6 is 23.2 Å². The van der Waals surface area contributed by atoms with Gasteiger partial charge in [-0.2, -0.15) is 0 Å². The van der Waals surface area contributed by atoms with E-state index in [4.69, 9.17) is 32.9 Å². The van der Waals surface area contributed by atoms with Crippen molar-refractivity contribution in [2.45, 2.75) is 13.5 Å². The van der Waals surface area contributed by atoms with Gasteiger partial charge in [0.15, 0.2) is 0 Å². The van der Waals surface area contributed by atoms with E-state index < -0.39 is 11.9 Å². The summed E-state index contributed by atoms with van der Waals surface area (Å²) in [7, 11) is 0. The number of fused-ring (bicyclic) bond motifs is 1. The van der Waals surface area contributed by atoms with Crippen LogP contribution in [0.1, 0.15) is 33.2 Å². The topological polar surface area (TPSA) is 81.4 Å². The third-order valence-electron chi connectivity index (χ3n) is 4.99. The Morgan fingerprint density at radius 2 is 1.72 bits per heavy atom. The van der Waals surface area contributed by atoms with Crippen molar-refractivity contribution < 1.29 is 19.4 Å². The predicted molar refractivity (Wildman–Crippen MR) is 124 cm³/mol. The SMILES string of the molecule is CCOC(=O)c1ccc2c(c1)nc(-c1ccc(C(=O)O)cc1)n2Cc1ccc(Cl)cc1Cl. The molecule has 0 saturated carbocycles. The van der Waals surface area contributed by atoms with Gasteiger partial charge in [-0.3, -0.25) is 0 Å². The monoisotopic (exact) mass is 468 g/mol. The lowest BCUT2D eigenvalue weighted by atomic mass is 10.1. The van der Waals surface area contributed by atoms with Crippen molar-refractivity contribution in [3.05, 3.63) is 87.4 Å². The Hall–Kier alpha value is -3.35. The maximum absolute atomic E-state index is 12.2. The number of ether oxygens (including phenoxy) is 1. The predicted octanol–water partition coefficient (Wildman–Crippen LogP) is 5.93. The first-order valence-electron chi connectivity index (χ1n) is 9.82. The minimum atomic E-state index is -1.00. The molecule has 0 bridgehead atoms. The van der Waals surface area contributed by atoms with Crippen LogP contribution in [0.25, 0.3) is 22.4 Å². The largest absolute Gasteiger partial charge is 0.478 e. The molecule has 1 N–H and O–H groups in total. The summed E-state index contributed by atoms with van der Waals surface area (Å²) in [5.74, 6) is -0.807. The van der Waals surface area contributed by atoms with Gasteiger partial charge in [-0.05, 0) is 55.0 Å². The molecule has 0 aliphatic heterocycles. The minimum Gasteiger partial charge on any atom is -0.478 e. The normalized spacial score (nSPS) is 11.0. The van der Waals surface area contributed by atoms with Crippen molar-refractivity contribution in [3.63, 3.8) is 0 Å². The van der Waals surface area contributed by atoms with Crippen molar-refractivity contribution in [2.75, 3.05) is 6.61 Å². The molecule has 0 aliphatic carbocycles. The van der Waals surface area contributed by atoms with Crippen LogP contribution in [0.3, 0.4) is 0 Å². The molecular formula is C24H18Cl2N2O4. The van der Waals surface area contributed by atoms with Gasteiger partial charge in [0.25, 0.3) is 0 Å². The summed E-state index contributed by atoms with van der Waals surface area (Å²) >= 11 is 12.4. The number of hydrogen-bond donors (Lipinski definition) is 1. The highest BCUT2D eigenvalue weighted by Crippen LogP contribution is 2.29. The van der Waals surface area contributed by atoms with E-state index in [0.29, 0.717) is 33.5 Å². The van der Waals surface area contributed by atoms with Crippen molar-refractivity contribution in [2.24, 2.45) is 0 Å². The molecule has 3 aromatic carbocycles. The molecule has 0 saturated heterocycles. The summed E-state index contributed by atoms with van der Waals surface area (Å²) in [6.07, 6.45) is 0. The Bertz CT molecular complexity index is 1330. The molecule has 0 amide bonds. The molecule has 1 heterocycles. The standard InChI is InChI=1S/C24H18Cl2N2O4/c1-2-32-24(31)16-8-10-21-20(11-16)27-22(14-3-5-15(6-4-14)23(29)30)28(21)13-17-7-9-18(25)12-19(17)26/h3-12H,2,13H2,1H3,(H,29,30). The zero-order valence-electron chi connectivity index (χ0n) is 17.0. The number of esters is 1. The second-order valence-corrected chi connectivity index (χ2v) is 7.91. The third-order valence-corrected chi connectivity index (χ3v) is 5.58. The number of rotatable bonds is 6. The van der Waals surface area contributed by atoms with Gasteiger partial charge in [0.1, 0.15) is 5.82 Å². The molecule has 4 aromatic rings. The van der Waals surface area contributed by atoms with Crippen molar-refractivity contribution in [1.29, 1.82) is 0 Å². The second-order valence-electron chi connectivity index (χ2n) is 7.06. The van der Waals surface area contributed by atoms with Gasteiger partial charge in [-0.25, -0.2) is 14.6 Å². The second kappa shape index (κ2) is 9.02. The van der Waals surface area contributed by atoms with Crippen LogP contribution in [0.15, 0.2) is 60.7 Å². The molecule has 6 nitrogen and oxygen atoms in total. The number of hydrogen-bond acceptors (Lipinski definition) is 4. The van der Waals surface area contributed by atoms with Gasteiger partial charge in [0.2, 0.25) is 0 Å². The number of halogens is 2. The number of carbonyl (C=O) groups excluding carboxylic acids is 1. The molecule has 0 unspecified atom stereocenters. The highest BCUT2D eigenvalue weighted by atomic mass is 35.5. The highest BCUT2D eigenvalue weighted by molar-refractivity contribution is 6.35. The molecule has 0 spiro atoms. The molecule has 0 radical (unpaired) electrons. The number of nitrogens with zero attached hydrogens (tertiary/aromatic N) is 2. The van der Waals surface area contributed by atoms with Gasteiger partial charge < -0.3 is 14.4 Å². The lowest BCUT2D eigenvalue weighted by Crippen LogP contribution is -2.05. The fourth-order valence-electron chi connectivity index (χ4n) is 3.43. The smallest absolute Gasteiger partial charge is 0.338 e. The number of carbonyl (C=O) groups is 2. The Labute approximate surface area is 194 Å². The molecule has 0 atom stereocenters. The molecular weight excluding hydrogens is 451 g/mol. The summed E-state index contributed by atoms with van der Waals surface area (Å²) in [5, 5.41) is 10.3. The van der Waals surface area contributed by atoms with Crippen LogP contribution in [0.2, 0.25) is 10.0 Å². The van der Waals surface area contributed by atoms with E-state index in [1.54, 1.807) is 43.3 Å². The zero-order valence-corrected chi connectivity index (χ0v) is 18.5. The van der Waals surface area contributed by atoms with E-state index in [-0.39, 0.29) is 12.2 Å². The van der Waals surface area contributed by atoms with Crippen LogP contribution in [-0.2, 0) is 11.3 Å². The Morgan fingerprint density at radius 3 is 2.38 bits per heavy atom. The zero-order chi connectivity index (χ0) is 22.8. The first-order valence-corrected chi connectivity index (χ1v) is 10.6. The third kappa shape index (κ3) is 4.33. The summed E-state index contributed by atoms with van der Waals surface area (Å²) < 4.78 is 7.07. The lowest BCUT2D eigenvalue weighted by Gasteiger charge is -2.12. The average molecular weight is 469 g/mol. The molecule has 4 rings (SSSR count). The van der Waals surface area contributed by atoms with E-state index in [9.17, 15) is 14.7 Å². The van der Waals surface area contributed by atoms with Crippen molar-refractivity contribution >= 4 is 46.2 Å². The number of imidazole rings is 1. The first kappa shape index (κ1) is 21.9. The highest BCUT2D eigenvalue weighted by Gasteiger charge is 2.17. The number of aromatic nitrogens is 2. The van der Waals surface area contributed by atoms with E-state index in [1.807, 2.05) is 16.7 Å². The fraction of sp³-hybridized carbons (Fsp3) is 0.125.